The Bertz CT molecular complexity index is 886. The maximum absolute atomic E-state index is 13.3. The third-order valence-corrected chi connectivity index (χ3v) is 4.83. The third kappa shape index (κ3) is 2.69. The number of pyridine rings is 1. The Morgan fingerprint density at radius 2 is 2.27 bits per heavy atom. The normalized spacial score (nSPS) is 20.0. The van der Waals surface area contributed by atoms with Crippen molar-refractivity contribution in [2.75, 3.05) is 18.0 Å². The number of halogens is 1. The minimum Gasteiger partial charge on any atom is -0.354 e. The summed E-state index contributed by atoms with van der Waals surface area (Å²) in [4.78, 5) is 20.6. The smallest absolute Gasteiger partial charge is 0.279 e. The number of allylic oxidation sites excluding steroid dienone is 2. The van der Waals surface area contributed by atoms with E-state index in [1.54, 1.807) is 21.9 Å². The molecular formula is C19H20FN5O. The Morgan fingerprint density at radius 3 is 2.85 bits per heavy atom. The molecule has 1 amide bonds. The lowest BCUT2D eigenvalue weighted by atomic mass is 10.3. The van der Waals surface area contributed by atoms with E-state index in [0.29, 0.717) is 31.7 Å². The number of hydrogen-bond acceptors (Lipinski definition) is 4. The van der Waals surface area contributed by atoms with E-state index in [-0.39, 0.29) is 5.91 Å². The monoisotopic (exact) mass is 353 g/mol. The second-order valence-electron chi connectivity index (χ2n) is 6.46. The maximum atomic E-state index is 13.3. The molecule has 0 aliphatic carbocycles. The van der Waals surface area contributed by atoms with Crippen molar-refractivity contribution < 1.29 is 9.18 Å². The van der Waals surface area contributed by atoms with Gasteiger partial charge in [-0.3, -0.25) is 4.79 Å². The molecule has 2 aliphatic heterocycles. The molecule has 0 saturated carbocycles. The van der Waals surface area contributed by atoms with Crippen molar-refractivity contribution >= 4 is 11.7 Å². The fraction of sp³-hybridized carbons (Fsp3) is 0.316. The van der Waals surface area contributed by atoms with Gasteiger partial charge in [0.2, 0.25) is 0 Å². The molecule has 0 N–H and O–H groups in total. The number of fused-ring (bicyclic) bond motifs is 1. The van der Waals surface area contributed by atoms with E-state index in [1.807, 2.05) is 36.2 Å². The van der Waals surface area contributed by atoms with Crippen LogP contribution < -0.4 is 4.90 Å². The van der Waals surface area contributed by atoms with Gasteiger partial charge in [0.15, 0.2) is 5.69 Å². The molecule has 0 bridgehead atoms. The Hall–Kier alpha value is -2.96. The first-order valence-electron chi connectivity index (χ1n) is 8.65. The van der Waals surface area contributed by atoms with Gasteiger partial charge in [0.1, 0.15) is 12.0 Å². The number of anilines is 1. The molecule has 4 rings (SSSR count). The topological polar surface area (TPSA) is 54.3 Å². The number of carbonyl (C=O) groups excluding carboxylic acids is 1. The van der Waals surface area contributed by atoms with Gasteiger partial charge < -0.3 is 9.80 Å². The number of rotatable bonds is 4. The molecule has 1 fully saturated rings. The summed E-state index contributed by atoms with van der Waals surface area (Å²) in [5, 5.41) is 4.43. The quantitative estimate of drug-likeness (QED) is 0.793. The van der Waals surface area contributed by atoms with Crippen molar-refractivity contribution in [2.24, 2.45) is 0 Å². The van der Waals surface area contributed by atoms with Crippen LogP contribution in [0.15, 0.2) is 49.0 Å². The van der Waals surface area contributed by atoms with Gasteiger partial charge in [-0.25, -0.2) is 14.1 Å². The second-order valence-corrected chi connectivity index (χ2v) is 6.46. The van der Waals surface area contributed by atoms with Crippen LogP contribution in [0.4, 0.5) is 10.2 Å². The van der Waals surface area contributed by atoms with E-state index in [4.69, 9.17) is 0 Å². The lowest BCUT2D eigenvalue weighted by Crippen LogP contribution is -2.23. The Morgan fingerprint density at radius 1 is 1.42 bits per heavy atom. The molecule has 0 unspecified atom stereocenters. The fourth-order valence-corrected chi connectivity index (χ4v) is 3.43. The van der Waals surface area contributed by atoms with Crippen molar-refractivity contribution in [3.05, 3.63) is 60.2 Å². The molecule has 2 aliphatic rings. The van der Waals surface area contributed by atoms with E-state index in [1.165, 1.54) is 0 Å². The van der Waals surface area contributed by atoms with Gasteiger partial charge in [0.05, 0.1) is 25.0 Å². The van der Waals surface area contributed by atoms with Crippen LogP contribution in [0.3, 0.4) is 0 Å². The van der Waals surface area contributed by atoms with Crippen LogP contribution in [-0.2, 0) is 6.54 Å². The zero-order valence-corrected chi connectivity index (χ0v) is 14.6. The summed E-state index contributed by atoms with van der Waals surface area (Å²) in [5.74, 6) is 0.641. The van der Waals surface area contributed by atoms with E-state index in [0.717, 1.165) is 22.8 Å². The molecule has 6 nitrogen and oxygen atoms in total. The lowest BCUT2D eigenvalue weighted by molar-refractivity contribution is 0.0824. The van der Waals surface area contributed by atoms with Crippen LogP contribution in [0.5, 0.6) is 0 Å². The van der Waals surface area contributed by atoms with Gasteiger partial charge >= 0.3 is 0 Å². The first kappa shape index (κ1) is 16.5. The highest BCUT2D eigenvalue weighted by atomic mass is 19.1. The molecule has 7 heteroatoms. The zero-order valence-electron chi connectivity index (χ0n) is 14.6. The van der Waals surface area contributed by atoms with Crippen LogP contribution in [0.1, 0.15) is 29.4 Å². The first-order chi connectivity index (χ1) is 12.6. The molecule has 0 aromatic carbocycles. The maximum Gasteiger partial charge on any atom is 0.279 e. The van der Waals surface area contributed by atoms with Crippen LogP contribution >= 0.6 is 0 Å². The number of alkyl halides is 1. The van der Waals surface area contributed by atoms with E-state index >= 15 is 0 Å². The number of amides is 1. The number of aromatic nitrogens is 3. The molecule has 4 heterocycles. The summed E-state index contributed by atoms with van der Waals surface area (Å²) in [6.45, 7) is 7.18. The van der Waals surface area contributed by atoms with Crippen LogP contribution in [0.25, 0.3) is 5.69 Å². The van der Waals surface area contributed by atoms with Crippen molar-refractivity contribution in [1.29, 1.82) is 0 Å². The number of carbonyl (C=O) groups is 1. The molecule has 134 valence electrons. The van der Waals surface area contributed by atoms with Gasteiger partial charge in [-0.15, -0.1) is 0 Å². The molecule has 1 atom stereocenters. The number of hydrogen-bond donors (Lipinski definition) is 0. The van der Waals surface area contributed by atoms with Gasteiger partial charge in [-0.2, -0.15) is 5.10 Å². The third-order valence-electron chi connectivity index (χ3n) is 4.83. The largest absolute Gasteiger partial charge is 0.354 e. The summed E-state index contributed by atoms with van der Waals surface area (Å²) in [6, 6.07) is 3.75. The standard InChI is InChI=1S/C19H20FN5O/c1-3-15(4-2)24-10-13-11-25(22-18(13)19(24)26)16-5-6-17(21-9-16)23-8-7-14(20)12-23/h3-6,9,11,14H,1,7-8,10,12H2,2H3/b15-4+/t14-/m1/s1. The summed E-state index contributed by atoms with van der Waals surface area (Å²) in [7, 11) is 0. The minimum absolute atomic E-state index is 0.123. The highest BCUT2D eigenvalue weighted by Gasteiger charge is 2.32. The molecule has 0 radical (unpaired) electrons. The van der Waals surface area contributed by atoms with Crippen molar-refractivity contribution in [2.45, 2.75) is 26.1 Å². The second kappa shape index (κ2) is 6.40. The first-order valence-corrected chi connectivity index (χ1v) is 8.65. The molecule has 1 saturated heterocycles. The van der Waals surface area contributed by atoms with Crippen molar-refractivity contribution in [3.63, 3.8) is 0 Å². The van der Waals surface area contributed by atoms with E-state index in [9.17, 15) is 9.18 Å². The Balaban J connectivity index is 1.55. The number of nitrogens with zero attached hydrogens (tertiary/aromatic N) is 5. The van der Waals surface area contributed by atoms with Gasteiger partial charge in [0, 0.05) is 24.0 Å². The van der Waals surface area contributed by atoms with Crippen LogP contribution in [0, 0.1) is 0 Å². The van der Waals surface area contributed by atoms with Gasteiger partial charge in [0.25, 0.3) is 5.91 Å². The Labute approximate surface area is 151 Å². The molecule has 0 spiro atoms. The fourth-order valence-electron chi connectivity index (χ4n) is 3.43. The zero-order chi connectivity index (χ0) is 18.3. The van der Waals surface area contributed by atoms with Crippen molar-refractivity contribution in [1.82, 2.24) is 19.7 Å². The van der Waals surface area contributed by atoms with Crippen LogP contribution in [0.2, 0.25) is 0 Å². The molecular weight excluding hydrogens is 333 g/mol. The molecule has 26 heavy (non-hydrogen) atoms. The summed E-state index contributed by atoms with van der Waals surface area (Å²) in [6.07, 6.45) is 6.85. The summed E-state index contributed by atoms with van der Waals surface area (Å²) in [5.41, 5.74) is 2.88. The summed E-state index contributed by atoms with van der Waals surface area (Å²) < 4.78 is 15.0. The van der Waals surface area contributed by atoms with Crippen molar-refractivity contribution in [3.8, 4) is 5.69 Å². The van der Waals surface area contributed by atoms with E-state index < -0.39 is 6.17 Å². The Kier molecular flexibility index (Phi) is 4.06. The highest BCUT2D eigenvalue weighted by Crippen LogP contribution is 2.27. The minimum atomic E-state index is -0.780. The average Bonchev–Trinajstić information content (AvgIpc) is 3.34. The predicted octanol–water partition coefficient (Wildman–Crippen LogP) is 2.86. The average molecular weight is 353 g/mol. The SMILES string of the molecule is C=C/C(=C\C)N1Cc2cn(-c3ccc(N4CC[C@@H](F)C4)nc3)nc2C1=O. The highest BCUT2D eigenvalue weighted by molar-refractivity contribution is 5.97. The summed E-state index contributed by atoms with van der Waals surface area (Å²) >= 11 is 0. The lowest BCUT2D eigenvalue weighted by Gasteiger charge is -2.17. The van der Waals surface area contributed by atoms with Gasteiger partial charge in [-0.1, -0.05) is 12.7 Å². The molecule has 2 aromatic rings. The molecule has 2 aromatic heterocycles. The predicted molar refractivity (Wildman–Crippen MR) is 96.9 cm³/mol. The van der Waals surface area contributed by atoms with E-state index in [2.05, 4.69) is 16.7 Å². The van der Waals surface area contributed by atoms with Gasteiger partial charge in [-0.05, 0) is 31.6 Å². The van der Waals surface area contributed by atoms with Crippen LogP contribution in [-0.4, -0.2) is 44.8 Å².